The molecule has 0 unspecified atom stereocenters. The molecule has 1 rings (SSSR count). The summed E-state index contributed by atoms with van der Waals surface area (Å²) in [6, 6.07) is 7.41. The number of unbranched alkanes of at least 4 members (excludes halogenated alkanes) is 1. The van der Waals surface area contributed by atoms with Crippen LogP contribution in [0.15, 0.2) is 24.3 Å². The molecule has 0 aromatic heterocycles. The Balaban J connectivity index is 2.43. The molecule has 98 valence electrons. The highest BCUT2D eigenvalue weighted by atomic mass is 32.1. The molecule has 1 amide bonds. The predicted molar refractivity (Wildman–Crippen MR) is 79.9 cm³/mol. The largest absolute Gasteiger partial charge is 0.362 e. The maximum absolute atomic E-state index is 10.9. The number of hydrogen-bond donors (Lipinski definition) is 3. The zero-order valence-electron chi connectivity index (χ0n) is 10.7. The highest BCUT2D eigenvalue weighted by Crippen LogP contribution is 2.13. The van der Waals surface area contributed by atoms with Gasteiger partial charge in [-0.25, -0.2) is 0 Å². The van der Waals surface area contributed by atoms with E-state index in [9.17, 15) is 4.79 Å². The summed E-state index contributed by atoms with van der Waals surface area (Å²) in [6.45, 7) is 4.50. The van der Waals surface area contributed by atoms with Crippen molar-refractivity contribution in [1.29, 1.82) is 0 Å². The first kappa shape index (κ1) is 14.4. The van der Waals surface area contributed by atoms with Crippen molar-refractivity contribution >= 4 is 34.6 Å². The van der Waals surface area contributed by atoms with Gasteiger partial charge in [0.2, 0.25) is 5.91 Å². The lowest BCUT2D eigenvalue weighted by Crippen LogP contribution is -2.29. The number of hydrogen-bond acceptors (Lipinski definition) is 2. The number of thiocarbonyl (C=S) groups is 1. The van der Waals surface area contributed by atoms with Crippen molar-refractivity contribution in [3.8, 4) is 0 Å². The second kappa shape index (κ2) is 7.66. The lowest BCUT2D eigenvalue weighted by molar-refractivity contribution is -0.114. The lowest BCUT2D eigenvalue weighted by atomic mass is 10.3. The van der Waals surface area contributed by atoms with Crippen LogP contribution in [-0.2, 0) is 4.79 Å². The van der Waals surface area contributed by atoms with Crippen LogP contribution in [0.4, 0.5) is 11.4 Å². The average Bonchev–Trinajstić information content (AvgIpc) is 2.31. The van der Waals surface area contributed by atoms with Crippen molar-refractivity contribution in [3.05, 3.63) is 24.3 Å². The van der Waals surface area contributed by atoms with Crippen molar-refractivity contribution < 1.29 is 4.79 Å². The van der Waals surface area contributed by atoms with E-state index < -0.39 is 0 Å². The van der Waals surface area contributed by atoms with E-state index in [1.165, 1.54) is 6.92 Å². The first-order valence-electron chi connectivity index (χ1n) is 6.04. The van der Waals surface area contributed by atoms with Gasteiger partial charge in [-0.2, -0.15) is 0 Å². The van der Waals surface area contributed by atoms with E-state index in [0.717, 1.165) is 30.8 Å². The molecule has 18 heavy (non-hydrogen) atoms. The molecule has 3 N–H and O–H groups in total. The van der Waals surface area contributed by atoms with Gasteiger partial charge in [-0.15, -0.1) is 0 Å². The third kappa shape index (κ3) is 5.63. The summed E-state index contributed by atoms with van der Waals surface area (Å²) >= 11 is 5.16. The van der Waals surface area contributed by atoms with E-state index in [2.05, 4.69) is 22.9 Å². The molecule has 0 saturated carbocycles. The van der Waals surface area contributed by atoms with E-state index >= 15 is 0 Å². The Labute approximate surface area is 113 Å². The summed E-state index contributed by atoms with van der Waals surface area (Å²) in [6.07, 6.45) is 2.24. The summed E-state index contributed by atoms with van der Waals surface area (Å²) < 4.78 is 0. The molecule has 0 fully saturated rings. The molecular formula is C13H19N3OS. The molecule has 0 aliphatic carbocycles. The summed E-state index contributed by atoms with van der Waals surface area (Å²) in [5.74, 6) is -0.0764. The Bertz CT molecular complexity index is 403. The van der Waals surface area contributed by atoms with Gasteiger partial charge in [0.05, 0.1) is 0 Å². The molecule has 0 bridgehead atoms. The Hall–Kier alpha value is -1.62. The van der Waals surface area contributed by atoms with Crippen LogP contribution in [0, 0.1) is 0 Å². The summed E-state index contributed by atoms with van der Waals surface area (Å²) in [7, 11) is 0. The third-order valence-electron chi connectivity index (χ3n) is 2.28. The first-order chi connectivity index (χ1) is 8.61. The van der Waals surface area contributed by atoms with Gasteiger partial charge in [0, 0.05) is 24.8 Å². The van der Waals surface area contributed by atoms with Gasteiger partial charge < -0.3 is 16.0 Å². The minimum atomic E-state index is -0.0764. The van der Waals surface area contributed by atoms with E-state index in [0.29, 0.717) is 5.11 Å². The zero-order valence-corrected chi connectivity index (χ0v) is 11.6. The van der Waals surface area contributed by atoms with Crippen LogP contribution in [0.3, 0.4) is 0 Å². The maximum atomic E-state index is 10.9. The van der Waals surface area contributed by atoms with Gasteiger partial charge in [-0.3, -0.25) is 4.79 Å². The number of amides is 1. The molecule has 0 saturated heterocycles. The molecule has 0 spiro atoms. The fraction of sp³-hybridized carbons (Fsp3) is 0.385. The Morgan fingerprint density at radius 1 is 1.17 bits per heavy atom. The second-order valence-electron chi connectivity index (χ2n) is 3.99. The van der Waals surface area contributed by atoms with E-state index in [-0.39, 0.29) is 5.91 Å². The van der Waals surface area contributed by atoms with Crippen molar-refractivity contribution in [2.45, 2.75) is 26.7 Å². The van der Waals surface area contributed by atoms with Gasteiger partial charge >= 0.3 is 0 Å². The van der Waals surface area contributed by atoms with Crippen LogP contribution in [0.25, 0.3) is 0 Å². The average molecular weight is 265 g/mol. The van der Waals surface area contributed by atoms with Crippen molar-refractivity contribution in [2.75, 3.05) is 17.2 Å². The number of anilines is 2. The molecule has 0 atom stereocenters. The van der Waals surface area contributed by atoms with E-state index in [1.807, 2.05) is 24.3 Å². The fourth-order valence-corrected chi connectivity index (χ4v) is 1.61. The fourth-order valence-electron chi connectivity index (χ4n) is 1.39. The quantitative estimate of drug-likeness (QED) is 0.566. The van der Waals surface area contributed by atoms with Gasteiger partial charge in [0.15, 0.2) is 5.11 Å². The number of rotatable bonds is 5. The molecule has 1 aromatic rings. The van der Waals surface area contributed by atoms with Crippen molar-refractivity contribution in [3.63, 3.8) is 0 Å². The predicted octanol–water partition coefficient (Wildman–Crippen LogP) is 2.73. The topological polar surface area (TPSA) is 53.2 Å². The van der Waals surface area contributed by atoms with E-state index in [4.69, 9.17) is 12.2 Å². The summed E-state index contributed by atoms with van der Waals surface area (Å²) in [5.41, 5.74) is 1.68. The molecule has 0 aliphatic rings. The van der Waals surface area contributed by atoms with Gasteiger partial charge in [0.1, 0.15) is 0 Å². The second-order valence-corrected chi connectivity index (χ2v) is 4.40. The number of carbonyl (C=O) groups excluding carboxylic acids is 1. The number of carbonyl (C=O) groups is 1. The normalized spacial score (nSPS) is 9.67. The molecular weight excluding hydrogens is 246 g/mol. The Morgan fingerprint density at radius 3 is 2.22 bits per heavy atom. The first-order valence-corrected chi connectivity index (χ1v) is 6.45. The molecule has 0 radical (unpaired) electrons. The van der Waals surface area contributed by atoms with Gasteiger partial charge in [0.25, 0.3) is 0 Å². The van der Waals surface area contributed by atoms with Crippen molar-refractivity contribution in [1.82, 2.24) is 5.32 Å². The van der Waals surface area contributed by atoms with Crippen LogP contribution < -0.4 is 16.0 Å². The lowest BCUT2D eigenvalue weighted by Gasteiger charge is -2.10. The summed E-state index contributed by atoms with van der Waals surface area (Å²) in [4.78, 5) is 10.9. The van der Waals surface area contributed by atoms with Crippen LogP contribution in [0.2, 0.25) is 0 Å². The Kier molecular flexibility index (Phi) is 6.14. The monoisotopic (exact) mass is 265 g/mol. The van der Waals surface area contributed by atoms with Crippen LogP contribution in [0.5, 0.6) is 0 Å². The summed E-state index contributed by atoms with van der Waals surface area (Å²) in [5, 5.41) is 9.55. The molecule has 0 heterocycles. The van der Waals surface area contributed by atoms with Crippen LogP contribution >= 0.6 is 12.2 Å². The highest BCUT2D eigenvalue weighted by molar-refractivity contribution is 7.80. The SMILES string of the molecule is CCCCNC(=S)Nc1ccc(NC(C)=O)cc1. The van der Waals surface area contributed by atoms with Crippen molar-refractivity contribution in [2.24, 2.45) is 0 Å². The number of nitrogens with one attached hydrogen (secondary N) is 3. The highest BCUT2D eigenvalue weighted by Gasteiger charge is 1.98. The molecule has 0 aliphatic heterocycles. The third-order valence-corrected chi connectivity index (χ3v) is 2.53. The Morgan fingerprint density at radius 2 is 1.72 bits per heavy atom. The van der Waals surface area contributed by atoms with Crippen LogP contribution in [-0.4, -0.2) is 17.6 Å². The van der Waals surface area contributed by atoms with Gasteiger partial charge in [-0.1, -0.05) is 13.3 Å². The van der Waals surface area contributed by atoms with Crippen LogP contribution in [0.1, 0.15) is 26.7 Å². The molecule has 1 aromatic carbocycles. The smallest absolute Gasteiger partial charge is 0.221 e. The standard InChI is InChI=1S/C13H19N3OS/c1-3-4-9-14-13(18)16-12-7-5-11(6-8-12)15-10(2)17/h5-8H,3-4,9H2,1-2H3,(H,15,17)(H2,14,16,18). The number of benzene rings is 1. The maximum Gasteiger partial charge on any atom is 0.221 e. The molecule has 5 heteroatoms. The minimum absolute atomic E-state index is 0.0764. The molecule has 4 nitrogen and oxygen atoms in total. The van der Waals surface area contributed by atoms with Gasteiger partial charge in [-0.05, 0) is 42.9 Å². The van der Waals surface area contributed by atoms with E-state index in [1.54, 1.807) is 0 Å². The zero-order chi connectivity index (χ0) is 13.4. The minimum Gasteiger partial charge on any atom is -0.362 e.